The van der Waals surface area contributed by atoms with E-state index < -0.39 is 0 Å². The van der Waals surface area contributed by atoms with Crippen LogP contribution in [0.25, 0.3) is 0 Å². The Hall–Kier alpha value is -2.11. The highest BCUT2D eigenvalue weighted by Crippen LogP contribution is 2.38. The van der Waals surface area contributed by atoms with E-state index in [1.165, 1.54) is 0 Å². The zero-order valence-corrected chi connectivity index (χ0v) is 15.7. The minimum Gasteiger partial charge on any atom is -0.493 e. The van der Waals surface area contributed by atoms with Crippen molar-refractivity contribution >= 4 is 5.96 Å². The molecule has 0 aliphatic rings. The molecule has 0 spiro atoms. The van der Waals surface area contributed by atoms with Crippen LogP contribution in [0.5, 0.6) is 17.2 Å². The lowest BCUT2D eigenvalue weighted by molar-refractivity contribution is 0.324. The number of methoxy groups -OCH3 is 3. The van der Waals surface area contributed by atoms with Crippen LogP contribution in [0.3, 0.4) is 0 Å². The normalized spacial score (nSPS) is 11.4. The second-order valence-electron chi connectivity index (χ2n) is 5.84. The molecule has 6 heteroatoms. The molecule has 0 atom stereocenters. The van der Waals surface area contributed by atoms with Gasteiger partial charge in [0.05, 0.1) is 27.9 Å². The van der Waals surface area contributed by atoms with Crippen molar-refractivity contribution in [1.82, 2.24) is 10.6 Å². The monoisotopic (exact) mass is 337 g/mol. The van der Waals surface area contributed by atoms with Crippen LogP contribution in [-0.2, 0) is 6.54 Å². The van der Waals surface area contributed by atoms with E-state index in [0.29, 0.717) is 29.7 Å². The lowest BCUT2D eigenvalue weighted by atomic mass is 10.1. The summed E-state index contributed by atoms with van der Waals surface area (Å²) in [4.78, 5) is 4.63. The molecule has 0 heterocycles. The molecule has 0 aliphatic carbocycles. The number of hydrogen-bond donors (Lipinski definition) is 2. The fourth-order valence-electron chi connectivity index (χ4n) is 2.22. The van der Waals surface area contributed by atoms with Crippen molar-refractivity contribution in [2.24, 2.45) is 10.9 Å². The molecule has 24 heavy (non-hydrogen) atoms. The molecule has 0 unspecified atom stereocenters. The lowest BCUT2D eigenvalue weighted by Crippen LogP contribution is -2.38. The van der Waals surface area contributed by atoms with Crippen LogP contribution >= 0.6 is 0 Å². The van der Waals surface area contributed by atoms with Gasteiger partial charge in [-0.3, -0.25) is 0 Å². The van der Waals surface area contributed by atoms with Crippen molar-refractivity contribution in [3.8, 4) is 17.2 Å². The molecular formula is C18H31N3O3. The van der Waals surface area contributed by atoms with Crippen LogP contribution in [0, 0.1) is 5.92 Å². The number of ether oxygens (including phenoxy) is 3. The van der Waals surface area contributed by atoms with Crippen molar-refractivity contribution < 1.29 is 14.2 Å². The molecule has 0 aliphatic heterocycles. The third-order valence-electron chi connectivity index (χ3n) is 3.50. The molecule has 1 aromatic carbocycles. The Morgan fingerprint density at radius 2 is 1.67 bits per heavy atom. The maximum Gasteiger partial charge on any atom is 0.203 e. The van der Waals surface area contributed by atoms with E-state index in [9.17, 15) is 0 Å². The van der Waals surface area contributed by atoms with E-state index in [1.54, 1.807) is 21.3 Å². The van der Waals surface area contributed by atoms with Gasteiger partial charge in [0.15, 0.2) is 17.5 Å². The number of nitrogens with zero attached hydrogens (tertiary/aromatic N) is 1. The summed E-state index contributed by atoms with van der Waals surface area (Å²) < 4.78 is 16.1. The summed E-state index contributed by atoms with van der Waals surface area (Å²) in [5, 5.41) is 6.61. The van der Waals surface area contributed by atoms with E-state index in [4.69, 9.17) is 14.2 Å². The number of rotatable bonds is 9. The highest BCUT2D eigenvalue weighted by atomic mass is 16.5. The average molecular weight is 337 g/mol. The fourth-order valence-corrected chi connectivity index (χ4v) is 2.22. The van der Waals surface area contributed by atoms with Crippen molar-refractivity contribution in [2.75, 3.05) is 34.4 Å². The van der Waals surface area contributed by atoms with Gasteiger partial charge >= 0.3 is 0 Å². The van der Waals surface area contributed by atoms with E-state index >= 15 is 0 Å². The Morgan fingerprint density at radius 1 is 1.04 bits per heavy atom. The minimum atomic E-state index is 0.522. The maximum absolute atomic E-state index is 5.38. The third-order valence-corrected chi connectivity index (χ3v) is 3.50. The SMILES string of the molecule is CCNC(=NCc1cc(OC)c(OC)c(OC)c1)NCCC(C)C. The number of aliphatic imine (C=N–C) groups is 1. The van der Waals surface area contributed by atoms with Gasteiger partial charge in [-0.05, 0) is 37.0 Å². The Balaban J connectivity index is 2.87. The molecule has 0 saturated carbocycles. The first kappa shape index (κ1) is 19.9. The Kier molecular flexibility index (Phi) is 8.83. The van der Waals surface area contributed by atoms with Crippen LogP contribution in [-0.4, -0.2) is 40.4 Å². The van der Waals surface area contributed by atoms with Gasteiger partial charge < -0.3 is 24.8 Å². The number of hydrogen-bond acceptors (Lipinski definition) is 4. The molecule has 1 rings (SSSR count). The summed E-state index contributed by atoms with van der Waals surface area (Å²) in [7, 11) is 4.82. The van der Waals surface area contributed by atoms with E-state index in [2.05, 4.69) is 36.4 Å². The van der Waals surface area contributed by atoms with Crippen molar-refractivity contribution in [1.29, 1.82) is 0 Å². The van der Waals surface area contributed by atoms with Gasteiger partial charge in [-0.15, -0.1) is 0 Å². The van der Waals surface area contributed by atoms with E-state index in [0.717, 1.165) is 31.0 Å². The summed E-state index contributed by atoms with van der Waals surface area (Å²) in [6, 6.07) is 3.84. The summed E-state index contributed by atoms with van der Waals surface area (Å²) in [6.07, 6.45) is 1.11. The minimum absolute atomic E-state index is 0.522. The van der Waals surface area contributed by atoms with E-state index in [1.807, 2.05) is 12.1 Å². The van der Waals surface area contributed by atoms with Gasteiger partial charge in [0.2, 0.25) is 5.75 Å². The Labute approximate surface area is 145 Å². The number of guanidine groups is 1. The zero-order chi connectivity index (χ0) is 17.9. The molecule has 2 N–H and O–H groups in total. The third kappa shape index (κ3) is 6.18. The largest absolute Gasteiger partial charge is 0.493 e. The second-order valence-corrected chi connectivity index (χ2v) is 5.84. The first-order chi connectivity index (χ1) is 11.5. The number of nitrogens with one attached hydrogen (secondary N) is 2. The van der Waals surface area contributed by atoms with Gasteiger partial charge in [0.1, 0.15) is 0 Å². The molecule has 0 aromatic heterocycles. The predicted octanol–water partition coefficient (Wildman–Crippen LogP) is 2.81. The first-order valence-corrected chi connectivity index (χ1v) is 8.36. The molecule has 0 radical (unpaired) electrons. The van der Waals surface area contributed by atoms with Crippen LogP contribution in [0.4, 0.5) is 0 Å². The molecule has 0 bridgehead atoms. The Morgan fingerprint density at radius 3 is 2.12 bits per heavy atom. The predicted molar refractivity (Wildman–Crippen MR) is 98.4 cm³/mol. The van der Waals surface area contributed by atoms with Crippen LogP contribution in [0.15, 0.2) is 17.1 Å². The molecule has 0 amide bonds. The fraction of sp³-hybridized carbons (Fsp3) is 0.611. The quantitative estimate of drug-likeness (QED) is 0.536. The maximum atomic E-state index is 5.38. The Bertz CT molecular complexity index is 505. The van der Waals surface area contributed by atoms with Gasteiger partial charge in [-0.2, -0.15) is 0 Å². The smallest absolute Gasteiger partial charge is 0.203 e. The van der Waals surface area contributed by atoms with Crippen LogP contribution in [0.2, 0.25) is 0 Å². The zero-order valence-electron chi connectivity index (χ0n) is 15.7. The van der Waals surface area contributed by atoms with Crippen molar-refractivity contribution in [3.63, 3.8) is 0 Å². The average Bonchev–Trinajstić information content (AvgIpc) is 2.58. The van der Waals surface area contributed by atoms with Crippen LogP contribution < -0.4 is 24.8 Å². The summed E-state index contributed by atoms with van der Waals surface area (Å²) >= 11 is 0. The van der Waals surface area contributed by atoms with Crippen molar-refractivity contribution in [2.45, 2.75) is 33.7 Å². The topological polar surface area (TPSA) is 64.1 Å². The molecule has 6 nitrogen and oxygen atoms in total. The lowest BCUT2D eigenvalue weighted by Gasteiger charge is -2.14. The summed E-state index contributed by atoms with van der Waals surface area (Å²) in [5.74, 6) is 3.34. The van der Waals surface area contributed by atoms with Gasteiger partial charge in [-0.1, -0.05) is 13.8 Å². The summed E-state index contributed by atoms with van der Waals surface area (Å²) in [5.41, 5.74) is 0.991. The number of benzene rings is 1. The van der Waals surface area contributed by atoms with Gasteiger partial charge in [-0.25, -0.2) is 4.99 Å². The molecule has 1 aromatic rings. The first-order valence-electron chi connectivity index (χ1n) is 8.36. The second kappa shape index (κ2) is 10.6. The highest BCUT2D eigenvalue weighted by Gasteiger charge is 2.13. The van der Waals surface area contributed by atoms with Gasteiger partial charge in [0, 0.05) is 13.1 Å². The molecule has 0 fully saturated rings. The van der Waals surface area contributed by atoms with Gasteiger partial charge in [0.25, 0.3) is 0 Å². The summed E-state index contributed by atoms with van der Waals surface area (Å²) in [6.45, 7) is 8.72. The highest BCUT2D eigenvalue weighted by molar-refractivity contribution is 5.79. The van der Waals surface area contributed by atoms with E-state index in [-0.39, 0.29) is 0 Å². The standard InChI is InChI=1S/C18H31N3O3/c1-7-19-18(20-9-8-13(2)3)21-12-14-10-15(22-4)17(24-6)16(11-14)23-5/h10-11,13H,7-9,12H2,1-6H3,(H2,19,20,21). The van der Waals surface area contributed by atoms with Crippen molar-refractivity contribution in [3.05, 3.63) is 17.7 Å². The molecular weight excluding hydrogens is 306 g/mol. The molecule has 0 saturated heterocycles. The van der Waals surface area contributed by atoms with Crippen LogP contribution in [0.1, 0.15) is 32.8 Å². The molecule has 136 valence electrons.